The first-order valence-corrected chi connectivity index (χ1v) is 8.82. The summed E-state index contributed by atoms with van der Waals surface area (Å²) in [6, 6.07) is -2.66. The van der Waals surface area contributed by atoms with Crippen molar-refractivity contribution >= 4 is 11.8 Å². The molecule has 6 N–H and O–H groups in total. The molecule has 0 aromatic rings. The second-order valence-corrected chi connectivity index (χ2v) is 7.14. The Hall–Kier alpha value is -1.35. The van der Waals surface area contributed by atoms with Crippen molar-refractivity contribution in [1.82, 2.24) is 0 Å². The first kappa shape index (κ1) is 21.9. The van der Waals surface area contributed by atoms with Gasteiger partial charge in [-0.1, -0.05) is 22.0 Å². The van der Waals surface area contributed by atoms with Crippen molar-refractivity contribution in [3.63, 3.8) is 0 Å². The van der Waals surface area contributed by atoms with Gasteiger partial charge in [-0.3, -0.25) is 0 Å². The molecule has 2 rings (SSSR count). The van der Waals surface area contributed by atoms with Crippen molar-refractivity contribution in [2.45, 2.75) is 59.6 Å². The summed E-state index contributed by atoms with van der Waals surface area (Å²) in [5.41, 5.74) is 14.8. The van der Waals surface area contributed by atoms with E-state index in [0.717, 1.165) is 0 Å². The van der Waals surface area contributed by atoms with Crippen molar-refractivity contribution in [2.24, 2.45) is 10.2 Å². The van der Waals surface area contributed by atoms with Gasteiger partial charge in [-0.05, 0) is 11.1 Å². The molecule has 15 heteroatoms. The lowest BCUT2D eigenvalue weighted by molar-refractivity contribution is -0.170. The van der Waals surface area contributed by atoms with Crippen LogP contribution >= 0.6 is 11.8 Å². The van der Waals surface area contributed by atoms with E-state index in [9.17, 15) is 30.6 Å². The molecule has 0 spiro atoms. The molecule has 0 radical (unpaired) electrons. The third kappa shape index (κ3) is 4.56. The molecule has 14 nitrogen and oxygen atoms in total. The average Bonchev–Trinajstić information content (AvgIpc) is 2.66. The van der Waals surface area contributed by atoms with Crippen molar-refractivity contribution in [2.75, 3.05) is 13.2 Å². The Balaban J connectivity index is 2.21. The van der Waals surface area contributed by atoms with Crippen molar-refractivity contribution < 1.29 is 40.1 Å². The zero-order chi connectivity index (χ0) is 20.1. The second kappa shape index (κ2) is 9.73. The van der Waals surface area contributed by atoms with E-state index in [1.807, 2.05) is 0 Å². The highest BCUT2D eigenvalue weighted by Crippen LogP contribution is 2.37. The van der Waals surface area contributed by atoms with Crippen LogP contribution in [-0.2, 0) is 9.47 Å². The van der Waals surface area contributed by atoms with Gasteiger partial charge in [0.1, 0.15) is 35.3 Å². The van der Waals surface area contributed by atoms with Crippen molar-refractivity contribution in [3.05, 3.63) is 20.9 Å². The first-order chi connectivity index (χ1) is 12.9. The maximum Gasteiger partial charge on any atom is 0.132 e. The number of hydrogen-bond donors (Lipinski definition) is 6. The summed E-state index contributed by atoms with van der Waals surface area (Å²) in [4.78, 5) is 5.11. The zero-order valence-corrected chi connectivity index (χ0v) is 14.6. The monoisotopic (exact) mass is 408 g/mol. The number of thioether (sulfide) groups is 1. The topological polar surface area (TPSA) is 237 Å². The fourth-order valence-corrected chi connectivity index (χ4v) is 4.21. The number of aliphatic hydroxyl groups excluding tert-OH is 6. The Morgan fingerprint density at radius 2 is 1.11 bits per heavy atom. The quantitative estimate of drug-likeness (QED) is 0.161. The number of aliphatic hydroxyl groups is 6. The van der Waals surface area contributed by atoms with Crippen LogP contribution in [0.25, 0.3) is 20.9 Å². The Morgan fingerprint density at radius 3 is 1.41 bits per heavy atom. The Labute approximate surface area is 156 Å². The SMILES string of the molecule is [N-]=[N+]=N[C@H]1[C@@H](O)[C@@H](CO)OC(SC2O[C@H](CO)[C@H](O)[C@H](N=[N+]=[N-])[C@H]2O)[C@@H]1O. The highest BCUT2D eigenvalue weighted by molar-refractivity contribution is 8.00. The summed E-state index contributed by atoms with van der Waals surface area (Å²) in [5.74, 6) is 0. The number of rotatable bonds is 6. The summed E-state index contributed by atoms with van der Waals surface area (Å²) in [5, 5.41) is 66.0. The van der Waals surface area contributed by atoms with E-state index in [4.69, 9.17) is 20.5 Å². The summed E-state index contributed by atoms with van der Waals surface area (Å²) in [6.07, 6.45) is -8.30. The number of ether oxygens (including phenoxy) is 2. The standard InChI is InChI=1S/C12H20N6O8S/c13-17-15-5-7(21)3(1-19)25-11(9(5)23)27-12-10(24)6(16-18-14)8(22)4(2-20)26-12/h3-12,19-24H,1-2H2/t3-,4-,5+,6+,7+,8+,9-,10-,11?,12?/m1/s1. The molecule has 2 aliphatic rings. The predicted octanol–water partition coefficient (Wildman–Crippen LogP) is -2.04. The molecule has 10 atom stereocenters. The van der Waals surface area contributed by atoms with Gasteiger partial charge in [0.25, 0.3) is 0 Å². The van der Waals surface area contributed by atoms with Gasteiger partial charge in [-0.15, -0.1) is 0 Å². The molecule has 2 unspecified atom stereocenters. The molecule has 0 aromatic carbocycles. The van der Waals surface area contributed by atoms with Crippen LogP contribution in [-0.4, -0.2) is 103 Å². The summed E-state index contributed by atoms with van der Waals surface area (Å²) in [7, 11) is 0. The van der Waals surface area contributed by atoms with Crippen LogP contribution in [0.4, 0.5) is 0 Å². The lowest BCUT2D eigenvalue weighted by Crippen LogP contribution is -2.60. The van der Waals surface area contributed by atoms with E-state index < -0.39 is 72.8 Å². The Bertz CT molecular complexity index is 554. The second-order valence-electron chi connectivity index (χ2n) is 5.94. The van der Waals surface area contributed by atoms with Gasteiger partial charge in [0.2, 0.25) is 0 Å². The largest absolute Gasteiger partial charge is 0.394 e. The molecule has 2 aliphatic heterocycles. The number of hydrogen-bond acceptors (Lipinski definition) is 11. The van der Waals surface area contributed by atoms with Gasteiger partial charge in [-0.2, -0.15) is 0 Å². The van der Waals surface area contributed by atoms with Gasteiger partial charge < -0.3 is 40.1 Å². The molecule has 152 valence electrons. The predicted molar refractivity (Wildman–Crippen MR) is 89.0 cm³/mol. The molecular weight excluding hydrogens is 388 g/mol. The minimum absolute atomic E-state index is 0.629. The summed E-state index contributed by atoms with van der Waals surface area (Å²) in [6.45, 7) is -1.26. The van der Waals surface area contributed by atoms with Crippen LogP contribution in [0.1, 0.15) is 0 Å². The van der Waals surface area contributed by atoms with Crippen LogP contribution < -0.4 is 0 Å². The molecule has 2 saturated heterocycles. The van der Waals surface area contributed by atoms with E-state index in [-0.39, 0.29) is 0 Å². The average molecular weight is 408 g/mol. The fraction of sp³-hybridized carbons (Fsp3) is 1.00. The van der Waals surface area contributed by atoms with Crippen LogP contribution in [0, 0.1) is 0 Å². The normalized spacial score (nSPS) is 44.8. The molecule has 0 aliphatic carbocycles. The molecule has 0 aromatic heterocycles. The van der Waals surface area contributed by atoms with Gasteiger partial charge in [0.05, 0.1) is 37.5 Å². The van der Waals surface area contributed by atoms with Crippen LogP contribution in [0.15, 0.2) is 10.2 Å². The van der Waals surface area contributed by atoms with Crippen LogP contribution in [0.5, 0.6) is 0 Å². The van der Waals surface area contributed by atoms with Gasteiger partial charge >= 0.3 is 0 Å². The van der Waals surface area contributed by atoms with E-state index in [2.05, 4.69) is 20.1 Å². The van der Waals surface area contributed by atoms with Gasteiger partial charge in [0.15, 0.2) is 0 Å². The van der Waals surface area contributed by atoms with Gasteiger partial charge in [0, 0.05) is 9.82 Å². The maximum atomic E-state index is 10.3. The maximum absolute atomic E-state index is 10.3. The Morgan fingerprint density at radius 1 is 0.741 bits per heavy atom. The van der Waals surface area contributed by atoms with Crippen LogP contribution in [0.3, 0.4) is 0 Å². The minimum atomic E-state index is -1.52. The van der Waals surface area contributed by atoms with E-state index >= 15 is 0 Å². The number of azide groups is 2. The van der Waals surface area contributed by atoms with E-state index in [0.29, 0.717) is 11.8 Å². The molecule has 0 saturated carbocycles. The lowest BCUT2D eigenvalue weighted by Gasteiger charge is -2.44. The Kier molecular flexibility index (Phi) is 7.91. The third-order valence-electron chi connectivity index (χ3n) is 4.34. The molecule has 27 heavy (non-hydrogen) atoms. The van der Waals surface area contributed by atoms with Crippen molar-refractivity contribution in [1.29, 1.82) is 0 Å². The minimum Gasteiger partial charge on any atom is -0.394 e. The summed E-state index contributed by atoms with van der Waals surface area (Å²) >= 11 is 0.704. The van der Waals surface area contributed by atoms with Crippen molar-refractivity contribution in [3.8, 4) is 0 Å². The summed E-state index contributed by atoms with van der Waals surface area (Å²) < 4.78 is 10.8. The first-order valence-electron chi connectivity index (χ1n) is 7.88. The van der Waals surface area contributed by atoms with E-state index in [1.54, 1.807) is 0 Å². The van der Waals surface area contributed by atoms with Crippen LogP contribution in [0.2, 0.25) is 0 Å². The lowest BCUT2D eigenvalue weighted by atomic mass is 9.98. The number of nitrogens with zero attached hydrogens (tertiary/aromatic N) is 6. The molecule has 0 amide bonds. The molecular formula is C12H20N6O8S. The van der Waals surface area contributed by atoms with Gasteiger partial charge in [-0.25, -0.2) is 0 Å². The highest BCUT2D eigenvalue weighted by atomic mass is 32.2. The molecule has 2 fully saturated rings. The molecule has 0 bridgehead atoms. The zero-order valence-electron chi connectivity index (χ0n) is 13.8. The highest BCUT2D eigenvalue weighted by Gasteiger charge is 2.49. The smallest absolute Gasteiger partial charge is 0.132 e. The van der Waals surface area contributed by atoms with E-state index in [1.165, 1.54) is 0 Å². The fourth-order valence-electron chi connectivity index (χ4n) is 2.88. The third-order valence-corrected chi connectivity index (χ3v) is 5.65. The molecule has 2 heterocycles.